The van der Waals surface area contributed by atoms with Gasteiger partial charge in [0.25, 0.3) is 0 Å². The smallest absolute Gasteiger partial charge is 0.166 e. The lowest BCUT2D eigenvalue weighted by Crippen LogP contribution is -2.57. The van der Waals surface area contributed by atoms with E-state index in [9.17, 15) is 4.79 Å². The Hall–Kier alpha value is -2.23. The predicted octanol–water partition coefficient (Wildman–Crippen LogP) is 4.58. The van der Waals surface area contributed by atoms with Gasteiger partial charge in [0.05, 0.1) is 13.2 Å². The summed E-state index contributed by atoms with van der Waals surface area (Å²) in [4.78, 5) is 15.6. The fourth-order valence-corrected chi connectivity index (χ4v) is 4.41. The molecule has 2 aliphatic heterocycles. The number of allylic oxidation sites excluding steroid dienone is 1. The maximum Gasteiger partial charge on any atom is 0.166 e. The van der Waals surface area contributed by atoms with Crippen LogP contribution < -0.4 is 0 Å². The zero-order valence-electron chi connectivity index (χ0n) is 15.9. The van der Waals surface area contributed by atoms with Gasteiger partial charge < -0.3 is 4.74 Å². The van der Waals surface area contributed by atoms with E-state index in [2.05, 4.69) is 41.8 Å². The molecule has 0 saturated carbocycles. The van der Waals surface area contributed by atoms with Gasteiger partial charge in [-0.05, 0) is 30.9 Å². The van der Waals surface area contributed by atoms with Gasteiger partial charge in [-0.1, -0.05) is 66.7 Å². The quantitative estimate of drug-likeness (QED) is 0.730. The molecule has 0 radical (unpaired) electrons. The number of piperidine rings is 1. The Morgan fingerprint density at radius 2 is 1.59 bits per heavy atom. The molecule has 4 rings (SSSR count). The van der Waals surface area contributed by atoms with Crippen molar-refractivity contribution in [3.63, 3.8) is 0 Å². The molecule has 2 bridgehead atoms. The van der Waals surface area contributed by atoms with Crippen molar-refractivity contribution < 1.29 is 9.53 Å². The number of carbonyl (C=O) groups is 1. The third-order valence-electron chi connectivity index (χ3n) is 5.91. The molecule has 2 saturated heterocycles. The lowest BCUT2D eigenvalue weighted by atomic mass is 9.80. The number of hydrogen-bond acceptors (Lipinski definition) is 3. The third-order valence-corrected chi connectivity index (χ3v) is 5.91. The second kappa shape index (κ2) is 7.79. The van der Waals surface area contributed by atoms with E-state index in [1.165, 1.54) is 5.56 Å². The van der Waals surface area contributed by atoms with Gasteiger partial charge in [0, 0.05) is 30.1 Å². The van der Waals surface area contributed by atoms with Crippen LogP contribution in [0.3, 0.4) is 0 Å². The maximum absolute atomic E-state index is 13.1. The van der Waals surface area contributed by atoms with E-state index in [1.54, 1.807) is 0 Å². The maximum atomic E-state index is 13.1. The molecule has 2 aliphatic rings. The molecule has 2 atom stereocenters. The van der Waals surface area contributed by atoms with Crippen LogP contribution in [0.4, 0.5) is 0 Å². The van der Waals surface area contributed by atoms with E-state index >= 15 is 0 Å². The van der Waals surface area contributed by atoms with Crippen LogP contribution in [0.5, 0.6) is 0 Å². The molecule has 140 valence electrons. The highest BCUT2D eigenvalue weighted by Gasteiger charge is 2.41. The molecule has 2 heterocycles. The van der Waals surface area contributed by atoms with E-state index in [-0.39, 0.29) is 11.7 Å². The van der Waals surface area contributed by atoms with Crippen LogP contribution in [0.25, 0.3) is 5.57 Å². The van der Waals surface area contributed by atoms with E-state index < -0.39 is 0 Å². The van der Waals surface area contributed by atoms with Crippen LogP contribution in [0.15, 0.2) is 61.2 Å². The average molecular weight is 361 g/mol. The first-order chi connectivity index (χ1) is 13.1. The third kappa shape index (κ3) is 3.90. The number of fused-ring (bicyclic) bond motifs is 2. The summed E-state index contributed by atoms with van der Waals surface area (Å²) in [7, 11) is 0. The summed E-state index contributed by atoms with van der Waals surface area (Å²) in [5.74, 6) is 0.367. The van der Waals surface area contributed by atoms with Crippen LogP contribution >= 0.6 is 0 Å². The molecule has 27 heavy (non-hydrogen) atoms. The summed E-state index contributed by atoms with van der Waals surface area (Å²) in [5, 5.41) is 0. The minimum atomic E-state index is 0.0894. The Morgan fingerprint density at radius 1 is 1.00 bits per heavy atom. The minimum absolute atomic E-state index is 0.0894. The molecule has 2 aromatic rings. The second-order valence-corrected chi connectivity index (χ2v) is 7.89. The molecule has 0 N–H and O–H groups in total. The number of Topliss-reactive ketones (excluding diaryl/α,β-unsaturated/α-hetero) is 1. The fourth-order valence-electron chi connectivity index (χ4n) is 4.41. The number of ether oxygens (including phenoxy) is 1. The Balaban J connectivity index is 1.47. The van der Waals surface area contributed by atoms with Crippen LogP contribution in [-0.2, 0) is 11.3 Å². The number of carbonyl (C=O) groups excluding carboxylic acids is 1. The number of ketones is 1. The highest BCUT2D eigenvalue weighted by atomic mass is 16.5. The monoisotopic (exact) mass is 361 g/mol. The van der Waals surface area contributed by atoms with Gasteiger partial charge in [0.15, 0.2) is 5.78 Å². The van der Waals surface area contributed by atoms with Gasteiger partial charge in [-0.15, -0.1) is 0 Å². The number of rotatable bonds is 5. The molecule has 3 heteroatoms. The van der Waals surface area contributed by atoms with Crippen molar-refractivity contribution >= 4 is 11.4 Å². The van der Waals surface area contributed by atoms with Crippen molar-refractivity contribution in [3.8, 4) is 0 Å². The number of hydrogen-bond donors (Lipinski definition) is 0. The highest BCUT2D eigenvalue weighted by molar-refractivity contribution is 5.98. The number of benzene rings is 2. The zero-order valence-corrected chi connectivity index (χ0v) is 15.9. The zero-order chi connectivity index (χ0) is 18.8. The Morgan fingerprint density at radius 3 is 2.19 bits per heavy atom. The Bertz CT molecular complexity index is 798. The molecule has 2 fully saturated rings. The summed E-state index contributed by atoms with van der Waals surface area (Å²) >= 11 is 0. The normalized spacial score (nSPS) is 25.1. The summed E-state index contributed by atoms with van der Waals surface area (Å²) in [6.45, 7) is 8.34. The number of nitrogens with zero attached hydrogens (tertiary/aromatic N) is 1. The predicted molar refractivity (Wildman–Crippen MR) is 109 cm³/mol. The second-order valence-electron chi connectivity index (χ2n) is 7.89. The molecule has 0 amide bonds. The largest absolute Gasteiger partial charge is 0.378 e. The lowest BCUT2D eigenvalue weighted by Gasteiger charge is -2.48. The topological polar surface area (TPSA) is 29.5 Å². The van der Waals surface area contributed by atoms with E-state index in [4.69, 9.17) is 4.74 Å². The van der Waals surface area contributed by atoms with Gasteiger partial charge in [0.2, 0.25) is 0 Å². The Kier molecular flexibility index (Phi) is 5.24. The van der Waals surface area contributed by atoms with Crippen molar-refractivity contribution in [1.82, 2.24) is 4.90 Å². The van der Waals surface area contributed by atoms with Crippen molar-refractivity contribution in [2.75, 3.05) is 13.2 Å². The van der Waals surface area contributed by atoms with Crippen molar-refractivity contribution in [1.29, 1.82) is 0 Å². The first-order valence-electron chi connectivity index (χ1n) is 9.79. The van der Waals surface area contributed by atoms with Gasteiger partial charge in [-0.2, -0.15) is 0 Å². The van der Waals surface area contributed by atoms with Crippen LogP contribution in [0, 0.1) is 5.92 Å². The minimum Gasteiger partial charge on any atom is -0.378 e. The Labute approximate surface area is 161 Å². The van der Waals surface area contributed by atoms with Crippen molar-refractivity contribution in [2.45, 2.75) is 38.4 Å². The first-order valence-corrected chi connectivity index (χ1v) is 9.79. The van der Waals surface area contributed by atoms with Gasteiger partial charge >= 0.3 is 0 Å². The standard InChI is InChI=1S/C24H27NO2/c1-17(2)19-8-10-20(11-9-19)24(26)21-12-22-15-27-16-23(13-21)25(22)14-18-6-4-3-5-7-18/h3-11,21-23H,1,12-16H2,2H3. The number of morpholine rings is 1. The average Bonchev–Trinajstić information content (AvgIpc) is 2.68. The van der Waals surface area contributed by atoms with E-state index in [1.807, 2.05) is 31.2 Å². The van der Waals surface area contributed by atoms with Gasteiger partial charge in [-0.25, -0.2) is 0 Å². The molecule has 2 unspecified atom stereocenters. The van der Waals surface area contributed by atoms with Crippen LogP contribution in [-0.4, -0.2) is 36.0 Å². The lowest BCUT2D eigenvalue weighted by molar-refractivity contribution is -0.0872. The molecule has 0 aromatic heterocycles. The molecule has 0 spiro atoms. The molecule has 2 aromatic carbocycles. The van der Waals surface area contributed by atoms with Crippen molar-refractivity contribution in [3.05, 3.63) is 77.9 Å². The summed E-state index contributed by atoms with van der Waals surface area (Å²) in [6.07, 6.45) is 1.76. The SMILES string of the molecule is C=C(C)c1ccc(C(=O)C2CC3COCC(C2)N3Cc2ccccc2)cc1. The van der Waals surface area contributed by atoms with E-state index in [0.717, 1.165) is 49.3 Å². The van der Waals surface area contributed by atoms with Crippen molar-refractivity contribution in [2.24, 2.45) is 5.92 Å². The molecule has 3 nitrogen and oxygen atoms in total. The van der Waals surface area contributed by atoms with Gasteiger partial charge in [-0.3, -0.25) is 9.69 Å². The first kappa shape index (κ1) is 18.1. The molecule has 0 aliphatic carbocycles. The summed E-state index contributed by atoms with van der Waals surface area (Å²) < 4.78 is 5.82. The van der Waals surface area contributed by atoms with E-state index in [0.29, 0.717) is 12.1 Å². The van der Waals surface area contributed by atoms with Crippen LogP contribution in [0.1, 0.15) is 41.3 Å². The summed E-state index contributed by atoms with van der Waals surface area (Å²) in [5.41, 5.74) is 4.26. The molecular weight excluding hydrogens is 334 g/mol. The molecular formula is C24H27NO2. The highest BCUT2D eigenvalue weighted by Crippen LogP contribution is 2.34. The fraction of sp³-hybridized carbons (Fsp3) is 0.375. The summed E-state index contributed by atoms with van der Waals surface area (Å²) in [6, 6.07) is 19.1. The van der Waals surface area contributed by atoms with Gasteiger partial charge in [0.1, 0.15) is 0 Å². The van der Waals surface area contributed by atoms with Crippen LogP contribution in [0.2, 0.25) is 0 Å².